The summed E-state index contributed by atoms with van der Waals surface area (Å²) in [5.41, 5.74) is 6.64. The number of rotatable bonds is 5. The third-order valence-electron chi connectivity index (χ3n) is 2.46. The molecule has 17 heavy (non-hydrogen) atoms. The second kappa shape index (κ2) is 6.85. The van der Waals surface area contributed by atoms with Crippen LogP contribution >= 0.6 is 24.2 Å². The van der Waals surface area contributed by atoms with Gasteiger partial charge in [-0.15, -0.1) is 12.6 Å². The number of nitriles is 1. The molecule has 2 nitrogen and oxygen atoms in total. The highest BCUT2D eigenvalue weighted by Crippen LogP contribution is 2.24. The summed E-state index contributed by atoms with van der Waals surface area (Å²) >= 11 is 9.72. The van der Waals surface area contributed by atoms with Crippen molar-refractivity contribution >= 4 is 24.2 Å². The molecule has 1 rings (SSSR count). The van der Waals surface area contributed by atoms with E-state index in [1.807, 2.05) is 6.07 Å². The maximum Gasteiger partial charge on any atom is 0.155 e. The zero-order valence-electron chi connectivity index (χ0n) is 9.29. The standard InChI is InChI=1S/C12H14ClFN2S/c13-10-6-8(7-11(17)12(10)14)2-1-3-9(16)4-5-15/h6-7,9,17H,1-4,16H2/t9-/m1/s1. The largest absolute Gasteiger partial charge is 0.327 e. The number of benzene rings is 1. The Balaban J connectivity index is 2.51. The number of aryl methyl sites for hydroxylation is 1. The van der Waals surface area contributed by atoms with Crippen molar-refractivity contribution in [2.24, 2.45) is 5.73 Å². The lowest BCUT2D eigenvalue weighted by Crippen LogP contribution is -2.18. The van der Waals surface area contributed by atoms with Gasteiger partial charge in [0.25, 0.3) is 0 Å². The molecule has 2 N–H and O–H groups in total. The minimum absolute atomic E-state index is 0.0913. The van der Waals surface area contributed by atoms with E-state index in [1.165, 1.54) is 0 Å². The van der Waals surface area contributed by atoms with Crippen LogP contribution in [0.3, 0.4) is 0 Å². The molecule has 0 heterocycles. The molecule has 0 radical (unpaired) electrons. The van der Waals surface area contributed by atoms with Crippen molar-refractivity contribution in [1.82, 2.24) is 0 Å². The average molecular weight is 273 g/mol. The summed E-state index contributed by atoms with van der Waals surface area (Å²) in [6.45, 7) is 0. The van der Waals surface area contributed by atoms with E-state index in [1.54, 1.807) is 12.1 Å². The number of nitrogens with zero attached hydrogens (tertiary/aromatic N) is 1. The van der Waals surface area contributed by atoms with Crippen LogP contribution in [0.4, 0.5) is 4.39 Å². The Morgan fingerprint density at radius 1 is 1.53 bits per heavy atom. The number of hydrogen-bond acceptors (Lipinski definition) is 3. The van der Waals surface area contributed by atoms with Crippen LogP contribution in [0.15, 0.2) is 17.0 Å². The Morgan fingerprint density at radius 2 is 2.24 bits per heavy atom. The predicted octanol–water partition coefficient (Wildman–Crippen LogP) is 3.33. The van der Waals surface area contributed by atoms with Crippen molar-refractivity contribution in [1.29, 1.82) is 5.26 Å². The van der Waals surface area contributed by atoms with E-state index in [0.29, 0.717) is 6.42 Å². The normalized spacial score (nSPS) is 12.2. The van der Waals surface area contributed by atoms with Gasteiger partial charge >= 0.3 is 0 Å². The fourth-order valence-electron chi connectivity index (χ4n) is 1.56. The summed E-state index contributed by atoms with van der Waals surface area (Å²) in [7, 11) is 0. The molecule has 1 aromatic rings. The van der Waals surface area contributed by atoms with Crippen molar-refractivity contribution in [2.45, 2.75) is 36.6 Å². The molecule has 0 saturated carbocycles. The summed E-state index contributed by atoms with van der Waals surface area (Å²) < 4.78 is 13.2. The molecule has 0 aliphatic rings. The number of hydrogen-bond donors (Lipinski definition) is 2. The Kier molecular flexibility index (Phi) is 5.76. The van der Waals surface area contributed by atoms with Gasteiger partial charge in [0.15, 0.2) is 5.82 Å². The third kappa shape index (κ3) is 4.55. The number of halogens is 2. The fraction of sp³-hybridized carbons (Fsp3) is 0.417. The predicted molar refractivity (Wildman–Crippen MR) is 69.8 cm³/mol. The zero-order valence-corrected chi connectivity index (χ0v) is 10.9. The Bertz CT molecular complexity index is 408. The molecule has 0 fully saturated rings. The van der Waals surface area contributed by atoms with Crippen molar-refractivity contribution in [3.05, 3.63) is 28.5 Å². The summed E-state index contributed by atoms with van der Waals surface area (Å²) in [6, 6.07) is 5.21. The second-order valence-corrected chi connectivity index (χ2v) is 4.81. The van der Waals surface area contributed by atoms with Crippen LogP contribution in [0.2, 0.25) is 5.02 Å². The molecule has 5 heteroatoms. The van der Waals surface area contributed by atoms with Crippen LogP contribution in [-0.4, -0.2) is 6.04 Å². The number of nitrogens with two attached hydrogens (primary N) is 1. The van der Waals surface area contributed by atoms with Crippen molar-refractivity contribution < 1.29 is 4.39 Å². The molecule has 1 atom stereocenters. The summed E-state index contributed by atoms with van der Waals surface area (Å²) in [4.78, 5) is 0.258. The lowest BCUT2D eigenvalue weighted by molar-refractivity contribution is 0.586. The third-order valence-corrected chi connectivity index (χ3v) is 3.06. The first-order valence-corrected chi connectivity index (χ1v) is 6.16. The first-order chi connectivity index (χ1) is 8.04. The van der Waals surface area contributed by atoms with E-state index in [4.69, 9.17) is 22.6 Å². The average Bonchev–Trinajstić information content (AvgIpc) is 2.26. The van der Waals surface area contributed by atoms with E-state index in [-0.39, 0.29) is 16.0 Å². The SMILES string of the molecule is N#CC[C@H](N)CCCc1cc(S)c(F)c(Cl)c1. The molecule has 0 aliphatic carbocycles. The van der Waals surface area contributed by atoms with Gasteiger partial charge in [-0.3, -0.25) is 0 Å². The van der Waals surface area contributed by atoms with E-state index >= 15 is 0 Å². The van der Waals surface area contributed by atoms with Gasteiger partial charge in [0, 0.05) is 10.9 Å². The molecule has 92 valence electrons. The van der Waals surface area contributed by atoms with E-state index < -0.39 is 5.82 Å². The van der Waals surface area contributed by atoms with Crippen LogP contribution in [0.25, 0.3) is 0 Å². The van der Waals surface area contributed by atoms with Gasteiger partial charge in [-0.1, -0.05) is 11.6 Å². The van der Waals surface area contributed by atoms with Crippen molar-refractivity contribution in [3.63, 3.8) is 0 Å². The molecular formula is C12H14ClFN2S. The van der Waals surface area contributed by atoms with E-state index in [0.717, 1.165) is 24.8 Å². The van der Waals surface area contributed by atoms with Gasteiger partial charge in [-0.25, -0.2) is 4.39 Å². The second-order valence-electron chi connectivity index (χ2n) is 3.93. The summed E-state index contributed by atoms with van der Waals surface area (Å²) in [5, 5.41) is 8.55. The van der Waals surface area contributed by atoms with E-state index in [2.05, 4.69) is 12.6 Å². The molecule has 0 spiro atoms. The van der Waals surface area contributed by atoms with Crippen LogP contribution in [0, 0.1) is 17.1 Å². The maximum atomic E-state index is 13.2. The van der Waals surface area contributed by atoms with Crippen LogP contribution in [0.5, 0.6) is 0 Å². The monoisotopic (exact) mass is 272 g/mol. The van der Waals surface area contributed by atoms with E-state index in [9.17, 15) is 4.39 Å². The van der Waals surface area contributed by atoms with Crippen LogP contribution in [0.1, 0.15) is 24.8 Å². The highest BCUT2D eigenvalue weighted by molar-refractivity contribution is 7.80. The lowest BCUT2D eigenvalue weighted by atomic mass is 10.0. The minimum Gasteiger partial charge on any atom is -0.327 e. The van der Waals surface area contributed by atoms with Crippen molar-refractivity contribution in [2.75, 3.05) is 0 Å². The summed E-state index contributed by atoms with van der Waals surface area (Å²) in [6.07, 6.45) is 2.73. The maximum absolute atomic E-state index is 13.2. The molecular weight excluding hydrogens is 259 g/mol. The molecule has 0 bridgehead atoms. The lowest BCUT2D eigenvalue weighted by Gasteiger charge is -2.08. The van der Waals surface area contributed by atoms with Crippen LogP contribution in [-0.2, 0) is 6.42 Å². The van der Waals surface area contributed by atoms with Gasteiger partial charge in [0.1, 0.15) is 0 Å². The van der Waals surface area contributed by atoms with Crippen LogP contribution < -0.4 is 5.73 Å². The molecule has 1 aromatic carbocycles. The van der Waals surface area contributed by atoms with Gasteiger partial charge in [0.05, 0.1) is 17.5 Å². The van der Waals surface area contributed by atoms with Gasteiger partial charge in [-0.05, 0) is 37.0 Å². The summed E-state index contributed by atoms with van der Waals surface area (Å²) in [5.74, 6) is -0.486. The van der Waals surface area contributed by atoms with Gasteiger partial charge in [-0.2, -0.15) is 5.26 Å². The first kappa shape index (κ1) is 14.3. The smallest absolute Gasteiger partial charge is 0.155 e. The molecule has 0 amide bonds. The molecule has 0 unspecified atom stereocenters. The highest BCUT2D eigenvalue weighted by atomic mass is 35.5. The van der Waals surface area contributed by atoms with Gasteiger partial charge < -0.3 is 5.73 Å². The molecule has 0 aliphatic heterocycles. The fourth-order valence-corrected chi connectivity index (χ4v) is 2.16. The van der Waals surface area contributed by atoms with Gasteiger partial charge in [0.2, 0.25) is 0 Å². The number of thiol groups is 1. The quantitative estimate of drug-likeness (QED) is 0.808. The Hall–Kier alpha value is -0.760. The zero-order chi connectivity index (χ0) is 12.8. The Morgan fingerprint density at radius 3 is 2.82 bits per heavy atom. The topological polar surface area (TPSA) is 49.8 Å². The molecule has 0 aromatic heterocycles. The van der Waals surface area contributed by atoms with Crippen molar-refractivity contribution in [3.8, 4) is 6.07 Å². The Labute approximate surface area is 111 Å². The minimum atomic E-state index is -0.486. The molecule has 0 saturated heterocycles. The highest BCUT2D eigenvalue weighted by Gasteiger charge is 2.07. The first-order valence-electron chi connectivity index (χ1n) is 5.34.